The van der Waals surface area contributed by atoms with E-state index in [-0.39, 0.29) is 23.7 Å². The van der Waals surface area contributed by atoms with Gasteiger partial charge in [0.15, 0.2) is 0 Å². The van der Waals surface area contributed by atoms with Crippen molar-refractivity contribution < 1.29 is 18.3 Å². The van der Waals surface area contributed by atoms with Crippen LogP contribution in [0.5, 0.6) is 0 Å². The molecule has 2 heterocycles. The number of hydrogen-bond acceptors (Lipinski definition) is 5. The number of aliphatic carboxylic acids is 1. The maximum absolute atomic E-state index is 12.3. The summed E-state index contributed by atoms with van der Waals surface area (Å²) < 4.78 is 26.3. The molecule has 1 aliphatic rings. The summed E-state index contributed by atoms with van der Waals surface area (Å²) in [5.41, 5.74) is 4.14. The first-order valence-corrected chi connectivity index (χ1v) is 8.57. The van der Waals surface area contributed by atoms with Crippen molar-refractivity contribution in [1.82, 2.24) is 4.31 Å². The van der Waals surface area contributed by atoms with Crippen molar-refractivity contribution >= 4 is 54.9 Å². The van der Waals surface area contributed by atoms with Crippen molar-refractivity contribution in [2.45, 2.75) is 16.2 Å². The highest BCUT2D eigenvalue weighted by Gasteiger charge is 2.46. The quantitative estimate of drug-likeness (QED) is 0.812. The van der Waals surface area contributed by atoms with Crippen LogP contribution in [0.1, 0.15) is 6.42 Å². The molecule has 0 spiro atoms. The van der Waals surface area contributed by atoms with Crippen molar-refractivity contribution in [3.63, 3.8) is 0 Å². The molecular weight excluding hydrogens is 380 g/mol. The molecule has 0 radical (unpaired) electrons. The molecule has 1 unspecified atom stereocenters. The fourth-order valence-electron chi connectivity index (χ4n) is 1.76. The van der Waals surface area contributed by atoms with Crippen LogP contribution in [0.3, 0.4) is 0 Å². The van der Waals surface area contributed by atoms with Gasteiger partial charge in [-0.05, 0) is 28.4 Å². The monoisotopic (exact) mass is 388 g/mol. The minimum Gasteiger partial charge on any atom is -0.480 e. The second kappa shape index (κ2) is 4.97. The van der Waals surface area contributed by atoms with Gasteiger partial charge in [-0.15, -0.1) is 11.3 Å². The van der Waals surface area contributed by atoms with Gasteiger partial charge in [0, 0.05) is 13.1 Å². The van der Waals surface area contributed by atoms with Gasteiger partial charge < -0.3 is 10.8 Å². The first-order chi connectivity index (χ1) is 8.67. The van der Waals surface area contributed by atoms with E-state index in [1.54, 1.807) is 0 Å². The predicted molar refractivity (Wildman–Crippen MR) is 75.0 cm³/mol. The molecular formula is C9H10BrClN2O4S2. The fraction of sp³-hybridized carbons (Fsp3) is 0.444. The Kier molecular flexibility index (Phi) is 3.98. The molecule has 0 amide bonds. The van der Waals surface area contributed by atoms with E-state index in [4.69, 9.17) is 22.4 Å². The molecule has 0 aliphatic carbocycles. The van der Waals surface area contributed by atoms with E-state index < -0.39 is 21.5 Å². The average Bonchev–Trinajstić information content (AvgIpc) is 2.86. The Morgan fingerprint density at radius 1 is 1.63 bits per heavy atom. The Balaban J connectivity index is 2.30. The van der Waals surface area contributed by atoms with E-state index in [1.165, 1.54) is 6.07 Å². The van der Waals surface area contributed by atoms with Crippen molar-refractivity contribution in [3.05, 3.63) is 14.9 Å². The van der Waals surface area contributed by atoms with E-state index in [1.807, 2.05) is 0 Å². The lowest BCUT2D eigenvalue weighted by Crippen LogP contribution is -2.50. The molecule has 1 aromatic rings. The molecule has 2 rings (SSSR count). The number of sulfonamides is 1. The van der Waals surface area contributed by atoms with Gasteiger partial charge in [-0.3, -0.25) is 4.79 Å². The molecule has 1 saturated heterocycles. The van der Waals surface area contributed by atoms with Crippen LogP contribution in [-0.2, 0) is 14.8 Å². The molecule has 1 aromatic heterocycles. The zero-order chi connectivity index (χ0) is 14.4. The van der Waals surface area contributed by atoms with Crippen LogP contribution in [0.15, 0.2) is 14.1 Å². The second-order valence-electron chi connectivity index (χ2n) is 4.24. The van der Waals surface area contributed by atoms with E-state index in [0.29, 0.717) is 8.81 Å². The average molecular weight is 390 g/mol. The molecule has 10 heteroatoms. The van der Waals surface area contributed by atoms with Crippen LogP contribution in [0.25, 0.3) is 0 Å². The molecule has 106 valence electrons. The zero-order valence-electron chi connectivity index (χ0n) is 9.47. The smallest absolute Gasteiger partial charge is 0.325 e. The third-order valence-corrected chi connectivity index (χ3v) is 7.68. The first-order valence-electron chi connectivity index (χ1n) is 5.14. The number of rotatable bonds is 3. The molecule has 1 aliphatic heterocycles. The minimum atomic E-state index is -3.75. The summed E-state index contributed by atoms with van der Waals surface area (Å²) >= 11 is 9.94. The van der Waals surface area contributed by atoms with E-state index in [9.17, 15) is 13.2 Å². The standard InChI is InChI=1S/C9H10BrClN2O4S2/c10-7-5(11)3-6(18-7)19(16,17)13-2-1-9(12,4-13)8(14)15/h3H,1-2,4,12H2,(H,14,15). The largest absolute Gasteiger partial charge is 0.480 e. The van der Waals surface area contributed by atoms with Crippen LogP contribution in [0.2, 0.25) is 5.02 Å². The molecule has 6 nitrogen and oxygen atoms in total. The summed E-state index contributed by atoms with van der Waals surface area (Å²) in [6.45, 7) is -0.157. The third-order valence-electron chi connectivity index (χ3n) is 2.91. The summed E-state index contributed by atoms with van der Waals surface area (Å²) in [7, 11) is -3.75. The topological polar surface area (TPSA) is 101 Å². The van der Waals surface area contributed by atoms with Gasteiger partial charge in [0.2, 0.25) is 0 Å². The molecule has 19 heavy (non-hydrogen) atoms. The molecule has 1 fully saturated rings. The Morgan fingerprint density at radius 2 is 2.26 bits per heavy atom. The minimum absolute atomic E-state index is 0.0685. The summed E-state index contributed by atoms with van der Waals surface area (Å²) in [4.78, 5) is 11.0. The lowest BCUT2D eigenvalue weighted by molar-refractivity contribution is -0.142. The predicted octanol–water partition coefficient (Wildman–Crippen LogP) is 1.34. The number of hydrogen-bond donors (Lipinski definition) is 2. The highest BCUT2D eigenvalue weighted by Crippen LogP contribution is 2.37. The number of nitrogens with zero attached hydrogens (tertiary/aromatic N) is 1. The maximum atomic E-state index is 12.3. The Morgan fingerprint density at radius 3 is 2.68 bits per heavy atom. The van der Waals surface area contributed by atoms with E-state index >= 15 is 0 Å². The summed E-state index contributed by atoms with van der Waals surface area (Å²) in [6.07, 6.45) is 0.0852. The summed E-state index contributed by atoms with van der Waals surface area (Å²) in [6, 6.07) is 1.34. The van der Waals surface area contributed by atoms with Gasteiger partial charge in [0.1, 0.15) is 9.75 Å². The van der Waals surface area contributed by atoms with Gasteiger partial charge in [-0.25, -0.2) is 8.42 Å². The van der Waals surface area contributed by atoms with Gasteiger partial charge >= 0.3 is 5.97 Å². The van der Waals surface area contributed by atoms with Crippen molar-refractivity contribution in [2.24, 2.45) is 5.73 Å². The van der Waals surface area contributed by atoms with Crippen molar-refractivity contribution in [1.29, 1.82) is 0 Å². The summed E-state index contributed by atoms with van der Waals surface area (Å²) in [5, 5.41) is 9.31. The lowest BCUT2D eigenvalue weighted by Gasteiger charge is -2.19. The Labute approximate surface area is 127 Å². The number of carboxylic acid groups (broad SMARTS) is 1. The normalized spacial score (nSPS) is 24.8. The Bertz CT molecular complexity index is 613. The van der Waals surface area contributed by atoms with Crippen LogP contribution < -0.4 is 5.73 Å². The second-order valence-corrected chi connectivity index (χ2v) is 9.18. The highest BCUT2D eigenvalue weighted by atomic mass is 79.9. The van der Waals surface area contributed by atoms with Crippen LogP contribution >= 0.6 is 38.9 Å². The van der Waals surface area contributed by atoms with Gasteiger partial charge in [-0.2, -0.15) is 4.31 Å². The zero-order valence-corrected chi connectivity index (χ0v) is 13.4. The van der Waals surface area contributed by atoms with E-state index in [0.717, 1.165) is 15.6 Å². The van der Waals surface area contributed by atoms with Crippen molar-refractivity contribution in [2.75, 3.05) is 13.1 Å². The SMILES string of the molecule is NC1(C(=O)O)CCN(S(=O)(=O)c2cc(Cl)c(Br)s2)C1. The van der Waals surface area contributed by atoms with Gasteiger partial charge in [0.25, 0.3) is 10.0 Å². The van der Waals surface area contributed by atoms with Gasteiger partial charge in [-0.1, -0.05) is 11.6 Å². The number of carboxylic acids is 1. The van der Waals surface area contributed by atoms with Gasteiger partial charge in [0.05, 0.1) is 8.81 Å². The summed E-state index contributed by atoms with van der Waals surface area (Å²) in [5.74, 6) is -1.20. The third kappa shape index (κ3) is 2.67. The number of halogens is 2. The number of nitrogens with two attached hydrogens (primary N) is 1. The molecule has 0 bridgehead atoms. The Hall–Kier alpha value is -0.190. The number of carbonyl (C=O) groups is 1. The maximum Gasteiger partial charge on any atom is 0.325 e. The van der Waals surface area contributed by atoms with Crippen LogP contribution in [0, 0.1) is 0 Å². The van der Waals surface area contributed by atoms with Crippen LogP contribution in [0.4, 0.5) is 0 Å². The fourth-order valence-corrected chi connectivity index (χ4v) is 5.82. The van der Waals surface area contributed by atoms with Crippen LogP contribution in [-0.4, -0.2) is 42.4 Å². The number of thiophene rings is 1. The first kappa shape index (κ1) is 15.2. The van der Waals surface area contributed by atoms with Crippen molar-refractivity contribution in [3.8, 4) is 0 Å². The molecule has 0 saturated carbocycles. The highest BCUT2D eigenvalue weighted by molar-refractivity contribution is 9.11. The lowest BCUT2D eigenvalue weighted by atomic mass is 10.0. The molecule has 0 aromatic carbocycles. The molecule has 3 N–H and O–H groups in total. The van der Waals surface area contributed by atoms with E-state index in [2.05, 4.69) is 15.9 Å². The molecule has 1 atom stereocenters.